The Morgan fingerprint density at radius 3 is 2.34 bits per heavy atom. The average Bonchev–Trinajstić information content (AvgIpc) is 3.35. The van der Waals surface area contributed by atoms with E-state index < -0.39 is 29.4 Å². The summed E-state index contributed by atoms with van der Waals surface area (Å²) in [7, 11) is 2.62. The summed E-state index contributed by atoms with van der Waals surface area (Å²) in [6.07, 6.45) is 0.485. The van der Waals surface area contributed by atoms with Crippen molar-refractivity contribution < 1.29 is 28.5 Å². The number of nitriles is 1. The van der Waals surface area contributed by atoms with E-state index in [0.717, 1.165) is 0 Å². The molecule has 1 fully saturated rings. The van der Waals surface area contributed by atoms with E-state index in [1.165, 1.54) is 14.2 Å². The van der Waals surface area contributed by atoms with E-state index in [-0.39, 0.29) is 11.7 Å². The van der Waals surface area contributed by atoms with Gasteiger partial charge in [-0.25, -0.2) is 4.79 Å². The van der Waals surface area contributed by atoms with E-state index in [0.29, 0.717) is 17.1 Å². The van der Waals surface area contributed by atoms with Crippen molar-refractivity contribution in [1.82, 2.24) is 0 Å². The number of benzene rings is 2. The van der Waals surface area contributed by atoms with Crippen LogP contribution in [0.1, 0.15) is 25.5 Å². The molecule has 3 atom stereocenters. The Morgan fingerprint density at radius 1 is 1.03 bits per heavy atom. The van der Waals surface area contributed by atoms with Crippen LogP contribution in [-0.2, 0) is 23.8 Å². The summed E-state index contributed by atoms with van der Waals surface area (Å²) in [5, 5.41) is 9.63. The maximum absolute atomic E-state index is 12.9. The maximum atomic E-state index is 12.9. The number of allylic oxidation sites excluding steroid dienone is 1. The molecule has 1 aliphatic carbocycles. The Kier molecular flexibility index (Phi) is 6.84. The van der Waals surface area contributed by atoms with Gasteiger partial charge in [0.1, 0.15) is 17.6 Å². The molecular formula is C25H25NO6. The smallest absolute Gasteiger partial charge is 0.372 e. The van der Waals surface area contributed by atoms with Crippen LogP contribution in [0, 0.1) is 28.6 Å². The van der Waals surface area contributed by atoms with Crippen molar-refractivity contribution in [2.45, 2.75) is 20.0 Å². The predicted molar refractivity (Wildman–Crippen MR) is 115 cm³/mol. The SMILES string of the molecule is COC(=O)C(=C[C@@H]1[C@@H](C(=O)O[C@H](C#N)c2cccc(Oc3ccccc3)c2)C1(C)C)OC. The van der Waals surface area contributed by atoms with E-state index in [1.807, 2.05) is 50.2 Å². The average molecular weight is 435 g/mol. The third-order valence-corrected chi connectivity index (χ3v) is 5.59. The fourth-order valence-electron chi connectivity index (χ4n) is 3.65. The third-order valence-electron chi connectivity index (χ3n) is 5.59. The molecule has 166 valence electrons. The lowest BCUT2D eigenvalue weighted by atomic mass is 10.1. The molecule has 7 nitrogen and oxygen atoms in total. The second-order valence-electron chi connectivity index (χ2n) is 7.99. The van der Waals surface area contributed by atoms with E-state index in [4.69, 9.17) is 14.2 Å². The number of esters is 2. The standard InChI is InChI=1S/C25H25NO6/c1-25(2)19(14-20(29-3)23(27)30-4)22(25)24(28)32-21(15-26)16-9-8-12-18(13-16)31-17-10-6-5-7-11-17/h5-14,19,21-22H,1-4H3/t19-,21-,22+/m1/s1. The monoisotopic (exact) mass is 435 g/mol. The second-order valence-corrected chi connectivity index (χ2v) is 7.99. The highest BCUT2D eigenvalue weighted by Gasteiger charge is 2.62. The van der Waals surface area contributed by atoms with Crippen molar-refractivity contribution in [1.29, 1.82) is 5.26 Å². The van der Waals surface area contributed by atoms with Crippen LogP contribution in [0.2, 0.25) is 0 Å². The van der Waals surface area contributed by atoms with Crippen LogP contribution in [-0.4, -0.2) is 26.2 Å². The lowest BCUT2D eigenvalue weighted by Gasteiger charge is -2.13. The number of hydrogen-bond acceptors (Lipinski definition) is 7. The maximum Gasteiger partial charge on any atom is 0.372 e. The summed E-state index contributed by atoms with van der Waals surface area (Å²) < 4.78 is 21.1. The van der Waals surface area contributed by atoms with Crippen LogP contribution in [0.5, 0.6) is 11.5 Å². The fraction of sp³-hybridized carbons (Fsp3) is 0.320. The highest BCUT2D eigenvalue weighted by molar-refractivity contribution is 5.87. The number of nitrogens with zero attached hydrogens (tertiary/aromatic N) is 1. The van der Waals surface area contributed by atoms with Crippen molar-refractivity contribution in [3.05, 3.63) is 72.0 Å². The van der Waals surface area contributed by atoms with Crippen molar-refractivity contribution in [3.63, 3.8) is 0 Å². The number of hydrogen-bond donors (Lipinski definition) is 0. The predicted octanol–water partition coefficient (Wildman–Crippen LogP) is 4.56. The molecule has 3 rings (SSSR count). The normalized spacial score (nSPS) is 19.8. The number of ether oxygens (including phenoxy) is 4. The minimum absolute atomic E-state index is 0.0310. The number of rotatable bonds is 8. The molecule has 7 heteroatoms. The lowest BCUT2D eigenvalue weighted by Crippen LogP contribution is -2.14. The van der Waals surface area contributed by atoms with Gasteiger partial charge in [-0.1, -0.05) is 44.2 Å². The van der Waals surface area contributed by atoms with Crippen molar-refractivity contribution >= 4 is 11.9 Å². The molecule has 0 amide bonds. The molecule has 2 aromatic rings. The van der Waals surface area contributed by atoms with Crippen molar-refractivity contribution in [3.8, 4) is 17.6 Å². The van der Waals surface area contributed by atoms with E-state index >= 15 is 0 Å². The molecule has 2 aromatic carbocycles. The molecule has 0 aliphatic heterocycles. The van der Waals surface area contributed by atoms with Crippen LogP contribution in [0.4, 0.5) is 0 Å². The molecule has 32 heavy (non-hydrogen) atoms. The van der Waals surface area contributed by atoms with Gasteiger partial charge in [0.25, 0.3) is 0 Å². The summed E-state index contributed by atoms with van der Waals surface area (Å²) in [5.74, 6) is -0.717. The van der Waals surface area contributed by atoms with Gasteiger partial charge in [-0.3, -0.25) is 4.79 Å². The van der Waals surface area contributed by atoms with Crippen LogP contribution in [0.3, 0.4) is 0 Å². The van der Waals surface area contributed by atoms with Gasteiger partial charge in [-0.2, -0.15) is 5.26 Å². The van der Waals surface area contributed by atoms with Gasteiger partial charge in [-0.15, -0.1) is 0 Å². The molecule has 1 saturated carbocycles. The Balaban J connectivity index is 1.73. The molecule has 0 heterocycles. The third kappa shape index (κ3) is 4.92. The second kappa shape index (κ2) is 9.56. The molecule has 0 spiro atoms. The summed E-state index contributed by atoms with van der Waals surface area (Å²) in [6, 6.07) is 18.1. The summed E-state index contributed by atoms with van der Waals surface area (Å²) in [5.41, 5.74) is 0.0552. The van der Waals surface area contributed by atoms with Gasteiger partial charge in [0.2, 0.25) is 11.9 Å². The van der Waals surface area contributed by atoms with Crippen LogP contribution in [0.25, 0.3) is 0 Å². The Hall–Kier alpha value is -3.79. The molecule has 0 unspecified atom stereocenters. The van der Waals surface area contributed by atoms with Crippen LogP contribution >= 0.6 is 0 Å². The molecular weight excluding hydrogens is 410 g/mol. The highest BCUT2D eigenvalue weighted by atomic mass is 16.6. The first-order valence-electron chi connectivity index (χ1n) is 10.1. The first-order chi connectivity index (χ1) is 15.3. The molecule has 1 aliphatic rings. The quantitative estimate of drug-likeness (QED) is 0.341. The molecule has 0 saturated heterocycles. The van der Waals surface area contributed by atoms with Gasteiger partial charge in [0.15, 0.2) is 0 Å². The summed E-state index contributed by atoms with van der Waals surface area (Å²) >= 11 is 0. The Morgan fingerprint density at radius 2 is 1.72 bits per heavy atom. The van der Waals surface area contributed by atoms with E-state index in [2.05, 4.69) is 4.74 Å². The summed E-state index contributed by atoms with van der Waals surface area (Å²) in [6.45, 7) is 3.78. The van der Waals surface area contributed by atoms with Crippen molar-refractivity contribution in [2.24, 2.45) is 17.3 Å². The van der Waals surface area contributed by atoms with Gasteiger partial charge in [0, 0.05) is 11.5 Å². The zero-order valence-corrected chi connectivity index (χ0v) is 18.4. The number of methoxy groups -OCH3 is 2. The lowest BCUT2D eigenvalue weighted by molar-refractivity contribution is -0.149. The molecule has 0 aromatic heterocycles. The topological polar surface area (TPSA) is 94.9 Å². The molecule has 0 N–H and O–H groups in total. The van der Waals surface area contributed by atoms with Gasteiger partial charge in [-0.05, 0) is 35.8 Å². The van der Waals surface area contributed by atoms with E-state index in [9.17, 15) is 14.9 Å². The van der Waals surface area contributed by atoms with E-state index in [1.54, 1.807) is 30.3 Å². The molecule has 0 radical (unpaired) electrons. The first-order valence-corrected chi connectivity index (χ1v) is 10.1. The fourth-order valence-corrected chi connectivity index (χ4v) is 3.65. The summed E-state index contributed by atoms with van der Waals surface area (Å²) in [4.78, 5) is 24.6. The van der Waals surface area contributed by atoms with Crippen LogP contribution in [0.15, 0.2) is 66.4 Å². The zero-order valence-electron chi connectivity index (χ0n) is 18.4. The van der Waals surface area contributed by atoms with Gasteiger partial charge >= 0.3 is 11.9 Å². The van der Waals surface area contributed by atoms with Gasteiger partial charge < -0.3 is 18.9 Å². The van der Waals surface area contributed by atoms with Crippen LogP contribution < -0.4 is 4.74 Å². The number of carbonyl (C=O) groups excluding carboxylic acids is 2. The first kappa shape index (κ1) is 22.9. The number of carbonyl (C=O) groups is 2. The van der Waals surface area contributed by atoms with Gasteiger partial charge in [0.05, 0.1) is 20.1 Å². The zero-order chi connectivity index (χ0) is 23.3. The highest BCUT2D eigenvalue weighted by Crippen LogP contribution is 2.60. The Bertz CT molecular complexity index is 1050. The van der Waals surface area contributed by atoms with Crippen molar-refractivity contribution in [2.75, 3.05) is 14.2 Å². The Labute approximate surface area is 187 Å². The minimum atomic E-state index is -1.09. The molecule has 0 bridgehead atoms. The minimum Gasteiger partial charge on any atom is -0.490 e. The number of para-hydroxylation sites is 1. The largest absolute Gasteiger partial charge is 0.490 e.